The lowest BCUT2D eigenvalue weighted by Gasteiger charge is -2.05. The normalized spacial score (nSPS) is 10.5. The summed E-state index contributed by atoms with van der Waals surface area (Å²) in [6.45, 7) is 3.98. The zero-order valence-electron chi connectivity index (χ0n) is 21.5. The van der Waals surface area contributed by atoms with Crippen LogP contribution in [-0.4, -0.2) is 30.0 Å². The zero-order valence-corrected chi connectivity index (χ0v) is 23.2. The average molecular weight is 551 g/mol. The van der Waals surface area contributed by atoms with Crippen molar-refractivity contribution in [3.05, 3.63) is 59.7 Å². The molecule has 38 heavy (non-hydrogen) atoms. The largest absolute Gasteiger partial charge is 0.296 e. The maximum atomic E-state index is 12.1. The van der Waals surface area contributed by atoms with Gasteiger partial charge in [-0.25, -0.2) is 0 Å². The van der Waals surface area contributed by atoms with Crippen LogP contribution in [0.1, 0.15) is 49.7 Å². The molecule has 0 aliphatic carbocycles. The first-order valence-corrected chi connectivity index (χ1v) is 14.9. The van der Waals surface area contributed by atoms with E-state index in [4.69, 9.17) is 8.37 Å². The van der Waals surface area contributed by atoms with E-state index in [0.717, 1.165) is 11.1 Å². The Balaban J connectivity index is 1.54. The van der Waals surface area contributed by atoms with Crippen LogP contribution in [0.3, 0.4) is 0 Å². The highest BCUT2D eigenvalue weighted by Gasteiger charge is 2.15. The maximum absolute atomic E-state index is 12.1. The third-order valence-corrected chi connectivity index (χ3v) is 7.63. The van der Waals surface area contributed by atoms with Crippen molar-refractivity contribution in [2.24, 2.45) is 0 Å². The van der Waals surface area contributed by atoms with Crippen LogP contribution in [0.2, 0.25) is 0 Å². The number of unbranched alkanes of at least 4 members (excludes halogenated alkanes) is 4. The molecule has 0 heterocycles. The fourth-order valence-electron chi connectivity index (χ4n) is 2.85. The van der Waals surface area contributed by atoms with Crippen molar-refractivity contribution in [1.29, 1.82) is 0 Å². The highest BCUT2D eigenvalue weighted by atomic mass is 32.2. The third-order valence-electron chi connectivity index (χ3n) is 4.98. The van der Waals surface area contributed by atoms with Crippen LogP contribution in [-0.2, 0) is 28.6 Å². The van der Waals surface area contributed by atoms with Crippen LogP contribution < -0.4 is 0 Å². The summed E-state index contributed by atoms with van der Waals surface area (Å²) >= 11 is 0. The van der Waals surface area contributed by atoms with Crippen molar-refractivity contribution >= 4 is 20.2 Å². The van der Waals surface area contributed by atoms with E-state index in [0.29, 0.717) is 38.5 Å². The Labute approximate surface area is 227 Å². The van der Waals surface area contributed by atoms with Crippen molar-refractivity contribution in [3.63, 3.8) is 0 Å². The second kappa shape index (κ2) is 16.4. The monoisotopic (exact) mass is 550 g/mol. The number of hydrogen-bond donors (Lipinski definition) is 0. The molecule has 0 spiro atoms. The summed E-state index contributed by atoms with van der Waals surface area (Å²) in [7, 11) is -7.45. The molecule has 0 amide bonds. The van der Waals surface area contributed by atoms with E-state index in [1.807, 2.05) is 13.8 Å². The van der Waals surface area contributed by atoms with Crippen LogP contribution in [0.25, 0.3) is 0 Å². The molecule has 0 fully saturated rings. The predicted molar refractivity (Wildman–Crippen MR) is 147 cm³/mol. The first-order valence-electron chi connectivity index (χ1n) is 12.1. The summed E-state index contributed by atoms with van der Waals surface area (Å²) in [4.78, 5) is 0.307. The van der Waals surface area contributed by atoms with Crippen molar-refractivity contribution in [2.75, 3.05) is 13.2 Å². The van der Waals surface area contributed by atoms with Gasteiger partial charge in [-0.2, -0.15) is 16.8 Å². The average Bonchev–Trinajstić information content (AvgIpc) is 2.88. The lowest BCUT2D eigenvalue weighted by Crippen LogP contribution is -2.07. The summed E-state index contributed by atoms with van der Waals surface area (Å²) < 4.78 is 58.4. The Morgan fingerprint density at radius 2 is 0.868 bits per heavy atom. The molecule has 0 aliphatic heterocycles. The lowest BCUT2D eigenvalue weighted by molar-refractivity contribution is 0.308. The Morgan fingerprint density at radius 1 is 0.526 bits per heavy atom. The summed E-state index contributed by atoms with van der Waals surface area (Å²) in [5.74, 6) is 21.6. The molecule has 198 valence electrons. The molecule has 2 rings (SSSR count). The van der Waals surface area contributed by atoms with Gasteiger partial charge in [0.25, 0.3) is 20.2 Å². The molecule has 0 aromatic heterocycles. The van der Waals surface area contributed by atoms with Gasteiger partial charge in [-0.05, 0) is 99.3 Å². The van der Waals surface area contributed by atoms with Gasteiger partial charge in [-0.3, -0.25) is 8.37 Å². The second-order valence-electron chi connectivity index (χ2n) is 8.20. The molecule has 0 atom stereocenters. The molecule has 0 saturated carbocycles. The molecule has 0 radical (unpaired) electrons. The third kappa shape index (κ3) is 12.2. The Bertz CT molecular complexity index is 1390. The second-order valence-corrected chi connectivity index (χ2v) is 11.4. The molecule has 2 aromatic rings. The molecule has 8 heteroatoms. The van der Waals surface area contributed by atoms with Crippen LogP contribution in [0.15, 0.2) is 58.3 Å². The zero-order chi connectivity index (χ0) is 27.7. The molecule has 0 bridgehead atoms. The van der Waals surface area contributed by atoms with Crippen molar-refractivity contribution in [2.45, 2.75) is 62.2 Å². The maximum Gasteiger partial charge on any atom is 0.296 e. The van der Waals surface area contributed by atoms with E-state index in [-0.39, 0.29) is 23.0 Å². The fraction of sp³-hybridized carbons (Fsp3) is 0.333. The van der Waals surface area contributed by atoms with Gasteiger partial charge in [0, 0.05) is 12.8 Å². The molecule has 0 unspecified atom stereocenters. The Morgan fingerprint density at radius 3 is 1.24 bits per heavy atom. The first kappa shape index (κ1) is 30.7. The van der Waals surface area contributed by atoms with Gasteiger partial charge in [-0.1, -0.05) is 47.2 Å². The first-order chi connectivity index (χ1) is 18.2. The van der Waals surface area contributed by atoms with Crippen LogP contribution >= 0.6 is 0 Å². The number of aryl methyl sites for hydroxylation is 2. The molecule has 0 N–H and O–H groups in total. The van der Waals surface area contributed by atoms with Gasteiger partial charge in [-0.15, -0.1) is 0 Å². The van der Waals surface area contributed by atoms with E-state index < -0.39 is 20.2 Å². The van der Waals surface area contributed by atoms with Gasteiger partial charge in [0.2, 0.25) is 0 Å². The van der Waals surface area contributed by atoms with Crippen LogP contribution in [0, 0.1) is 61.2 Å². The quantitative estimate of drug-likeness (QED) is 0.215. The standard InChI is InChI=1S/C30H30O6S2/c1-27-17-21-29(22-18-27)37(31,32)35-25-15-13-11-9-7-5-3-4-6-8-10-12-14-16-26-36-38(33,34)30-23-19-28(2)20-24-30/h17-24H,11-16,25-26H2,1-2H3. The van der Waals surface area contributed by atoms with Gasteiger partial charge in [0.05, 0.1) is 23.0 Å². The summed E-state index contributed by atoms with van der Waals surface area (Å²) in [6.07, 6.45) is 3.67. The smallest absolute Gasteiger partial charge is 0.266 e. The minimum atomic E-state index is -3.73. The Hall–Kier alpha value is -3.50. The molecule has 6 nitrogen and oxygen atoms in total. The minimum Gasteiger partial charge on any atom is -0.266 e. The molecule has 0 aliphatic rings. The summed E-state index contributed by atoms with van der Waals surface area (Å²) in [5, 5.41) is 0. The van der Waals surface area contributed by atoms with E-state index >= 15 is 0 Å². The molecular weight excluding hydrogens is 520 g/mol. The van der Waals surface area contributed by atoms with Gasteiger partial charge >= 0.3 is 0 Å². The van der Waals surface area contributed by atoms with Gasteiger partial charge in [0.1, 0.15) is 0 Å². The van der Waals surface area contributed by atoms with Crippen molar-refractivity contribution in [3.8, 4) is 47.4 Å². The van der Waals surface area contributed by atoms with Gasteiger partial charge in [0.15, 0.2) is 0 Å². The molecule has 2 aromatic carbocycles. The van der Waals surface area contributed by atoms with E-state index in [1.54, 1.807) is 24.3 Å². The van der Waals surface area contributed by atoms with E-state index in [1.165, 1.54) is 24.3 Å². The molecular formula is C30H30O6S2. The SMILES string of the molecule is Cc1ccc(S(=O)(=O)OCCCCC#CC#CC#CC#CCCCCOS(=O)(=O)c2ccc(C)cc2)cc1. The van der Waals surface area contributed by atoms with Gasteiger partial charge < -0.3 is 0 Å². The highest BCUT2D eigenvalue weighted by molar-refractivity contribution is 7.87. The Kier molecular flexibility index (Phi) is 13.2. The summed E-state index contributed by atoms with van der Waals surface area (Å²) in [6, 6.07) is 13.0. The number of benzene rings is 2. The fourth-order valence-corrected chi connectivity index (χ4v) is 4.74. The highest BCUT2D eigenvalue weighted by Crippen LogP contribution is 2.15. The number of rotatable bonds is 12. The topological polar surface area (TPSA) is 86.7 Å². The van der Waals surface area contributed by atoms with E-state index in [9.17, 15) is 16.8 Å². The number of hydrogen-bond acceptors (Lipinski definition) is 6. The van der Waals surface area contributed by atoms with E-state index in [2.05, 4.69) is 47.4 Å². The minimum absolute atomic E-state index is 0.104. The van der Waals surface area contributed by atoms with Crippen LogP contribution in [0.4, 0.5) is 0 Å². The van der Waals surface area contributed by atoms with Crippen molar-refractivity contribution in [1.82, 2.24) is 0 Å². The van der Waals surface area contributed by atoms with Crippen LogP contribution in [0.5, 0.6) is 0 Å². The summed E-state index contributed by atoms with van der Waals surface area (Å²) in [5.41, 5.74) is 1.96. The lowest BCUT2D eigenvalue weighted by atomic mass is 10.2. The predicted octanol–water partition coefficient (Wildman–Crippen LogP) is 4.77. The molecule has 0 saturated heterocycles. The van der Waals surface area contributed by atoms with Crippen molar-refractivity contribution < 1.29 is 25.2 Å².